The van der Waals surface area contributed by atoms with E-state index in [0.717, 1.165) is 18.4 Å². The summed E-state index contributed by atoms with van der Waals surface area (Å²) in [6.07, 6.45) is 4.86. The number of aliphatic hydroxyl groups excluding tert-OH is 1. The highest BCUT2D eigenvalue weighted by Crippen LogP contribution is 2.00. The number of benzene rings is 1. The zero-order valence-electron chi connectivity index (χ0n) is 12.9. The van der Waals surface area contributed by atoms with Gasteiger partial charge in [0.25, 0.3) is 0 Å². The third-order valence-electron chi connectivity index (χ3n) is 3.15. The molecule has 120 valence electrons. The molecule has 3 N–H and O–H groups in total. The molecule has 1 aromatic rings. The molecule has 5 nitrogen and oxygen atoms in total. The molecule has 0 aliphatic rings. The van der Waals surface area contributed by atoms with Crippen molar-refractivity contribution in [1.82, 2.24) is 10.6 Å². The van der Waals surface area contributed by atoms with Gasteiger partial charge in [-0.05, 0) is 24.5 Å². The zero-order valence-corrected chi connectivity index (χ0v) is 12.9. The van der Waals surface area contributed by atoms with Crippen LogP contribution >= 0.6 is 0 Å². The topological polar surface area (TPSA) is 78.4 Å². The number of carbonyl (C=O) groups excluding carboxylic acids is 2. The third-order valence-corrected chi connectivity index (χ3v) is 3.15. The number of hydrogen-bond donors (Lipinski definition) is 3. The van der Waals surface area contributed by atoms with Gasteiger partial charge < -0.3 is 15.7 Å². The molecule has 0 radical (unpaired) electrons. The van der Waals surface area contributed by atoms with Gasteiger partial charge in [0.1, 0.15) is 0 Å². The maximum Gasteiger partial charge on any atom is 0.243 e. The van der Waals surface area contributed by atoms with Crippen LogP contribution in [0.5, 0.6) is 0 Å². The summed E-state index contributed by atoms with van der Waals surface area (Å²) < 4.78 is 0. The van der Waals surface area contributed by atoms with E-state index in [-0.39, 0.29) is 24.3 Å². The Morgan fingerprint density at radius 1 is 1.14 bits per heavy atom. The molecular formula is C17H24N2O3. The van der Waals surface area contributed by atoms with Gasteiger partial charge in [-0.1, -0.05) is 37.3 Å². The van der Waals surface area contributed by atoms with E-state index in [1.165, 1.54) is 6.08 Å². The van der Waals surface area contributed by atoms with Crippen LogP contribution in [0, 0.1) is 5.92 Å². The minimum atomic E-state index is -0.372. The second-order valence-electron chi connectivity index (χ2n) is 5.12. The quantitative estimate of drug-likeness (QED) is 0.476. The summed E-state index contributed by atoms with van der Waals surface area (Å²) in [5.41, 5.74) is 0.985. The fraction of sp³-hybridized carbons (Fsp3) is 0.412. The van der Waals surface area contributed by atoms with E-state index >= 15 is 0 Å². The first-order valence-electron chi connectivity index (χ1n) is 7.53. The maximum atomic E-state index is 11.6. The summed E-state index contributed by atoms with van der Waals surface area (Å²) in [4.78, 5) is 23.0. The third kappa shape index (κ3) is 7.59. The Hall–Kier alpha value is -2.14. The molecule has 2 amide bonds. The van der Waals surface area contributed by atoms with Gasteiger partial charge in [0.05, 0.1) is 12.5 Å². The van der Waals surface area contributed by atoms with Crippen molar-refractivity contribution in [2.45, 2.75) is 19.8 Å². The van der Waals surface area contributed by atoms with Crippen molar-refractivity contribution >= 4 is 17.9 Å². The van der Waals surface area contributed by atoms with Crippen LogP contribution < -0.4 is 10.6 Å². The highest BCUT2D eigenvalue weighted by Gasteiger charge is 2.09. The standard InChI is InChI=1S/C17H24N2O3/c1-14(13-20)17(22)19-12-6-5-11-18-16(21)10-9-15-7-3-2-4-8-15/h2-4,7-10,14,20H,5-6,11-13H2,1H3,(H,18,21)(H,19,22). The van der Waals surface area contributed by atoms with Gasteiger partial charge in [0, 0.05) is 19.2 Å². The Balaban J connectivity index is 2.08. The highest BCUT2D eigenvalue weighted by molar-refractivity contribution is 5.91. The van der Waals surface area contributed by atoms with E-state index in [1.54, 1.807) is 13.0 Å². The van der Waals surface area contributed by atoms with Crippen LogP contribution in [0.4, 0.5) is 0 Å². The number of unbranched alkanes of at least 4 members (excludes halogenated alkanes) is 1. The van der Waals surface area contributed by atoms with Gasteiger partial charge in [0.2, 0.25) is 11.8 Å². The van der Waals surface area contributed by atoms with Crippen molar-refractivity contribution in [2.75, 3.05) is 19.7 Å². The monoisotopic (exact) mass is 304 g/mol. The second kappa shape index (κ2) is 10.6. The van der Waals surface area contributed by atoms with E-state index in [9.17, 15) is 9.59 Å². The Morgan fingerprint density at radius 3 is 2.41 bits per heavy atom. The number of amides is 2. The molecule has 0 spiro atoms. The van der Waals surface area contributed by atoms with E-state index in [4.69, 9.17) is 5.11 Å². The highest BCUT2D eigenvalue weighted by atomic mass is 16.3. The van der Waals surface area contributed by atoms with Crippen molar-refractivity contribution in [2.24, 2.45) is 5.92 Å². The fourth-order valence-electron chi connectivity index (χ4n) is 1.73. The molecule has 0 fully saturated rings. The Kier molecular flexibility index (Phi) is 8.60. The van der Waals surface area contributed by atoms with E-state index in [2.05, 4.69) is 10.6 Å². The van der Waals surface area contributed by atoms with Crippen LogP contribution in [0.2, 0.25) is 0 Å². The summed E-state index contributed by atoms with van der Waals surface area (Å²) in [6.45, 7) is 2.66. The molecule has 0 aliphatic heterocycles. The smallest absolute Gasteiger partial charge is 0.243 e. The second-order valence-corrected chi connectivity index (χ2v) is 5.12. The van der Waals surface area contributed by atoms with Gasteiger partial charge in [-0.25, -0.2) is 0 Å². The van der Waals surface area contributed by atoms with Crippen molar-refractivity contribution < 1.29 is 14.7 Å². The van der Waals surface area contributed by atoms with Crippen molar-refractivity contribution in [3.8, 4) is 0 Å². The van der Waals surface area contributed by atoms with Crippen LogP contribution in [-0.2, 0) is 9.59 Å². The lowest BCUT2D eigenvalue weighted by Gasteiger charge is -2.09. The predicted molar refractivity (Wildman–Crippen MR) is 87.0 cm³/mol. The van der Waals surface area contributed by atoms with E-state index in [0.29, 0.717) is 13.1 Å². The molecule has 1 aromatic carbocycles. The molecule has 0 aromatic heterocycles. The van der Waals surface area contributed by atoms with Gasteiger partial charge >= 0.3 is 0 Å². The number of rotatable bonds is 9. The molecule has 1 atom stereocenters. The summed E-state index contributed by atoms with van der Waals surface area (Å²) in [5, 5.41) is 14.4. The SMILES string of the molecule is CC(CO)C(=O)NCCCCNC(=O)C=Cc1ccccc1. The lowest BCUT2D eigenvalue weighted by molar-refractivity contribution is -0.125. The van der Waals surface area contributed by atoms with Gasteiger partial charge in [-0.3, -0.25) is 9.59 Å². The predicted octanol–water partition coefficient (Wildman–Crippen LogP) is 1.34. The lowest BCUT2D eigenvalue weighted by atomic mass is 10.2. The minimum Gasteiger partial charge on any atom is -0.396 e. The molecule has 0 bridgehead atoms. The molecule has 1 rings (SSSR count). The Labute approximate surface area is 131 Å². The molecule has 5 heteroatoms. The first-order chi connectivity index (χ1) is 10.6. The van der Waals surface area contributed by atoms with Crippen LogP contribution in [0.3, 0.4) is 0 Å². The Morgan fingerprint density at radius 2 is 1.77 bits per heavy atom. The van der Waals surface area contributed by atoms with Gasteiger partial charge in [0.15, 0.2) is 0 Å². The van der Waals surface area contributed by atoms with Crippen molar-refractivity contribution in [3.63, 3.8) is 0 Å². The van der Waals surface area contributed by atoms with Crippen molar-refractivity contribution in [1.29, 1.82) is 0 Å². The zero-order chi connectivity index (χ0) is 16.2. The molecule has 0 saturated carbocycles. The molecule has 1 unspecified atom stereocenters. The van der Waals surface area contributed by atoms with Gasteiger partial charge in [-0.15, -0.1) is 0 Å². The molecule has 0 heterocycles. The Bertz CT molecular complexity index is 486. The first kappa shape index (κ1) is 17.9. The molecule has 0 aliphatic carbocycles. The average Bonchev–Trinajstić information content (AvgIpc) is 2.56. The van der Waals surface area contributed by atoms with Crippen LogP contribution in [0.15, 0.2) is 36.4 Å². The molecule has 0 saturated heterocycles. The summed E-state index contributed by atoms with van der Waals surface area (Å²) >= 11 is 0. The maximum absolute atomic E-state index is 11.6. The first-order valence-corrected chi connectivity index (χ1v) is 7.53. The molecule has 22 heavy (non-hydrogen) atoms. The lowest BCUT2D eigenvalue weighted by Crippen LogP contribution is -2.32. The van der Waals surface area contributed by atoms with Crippen LogP contribution in [0.25, 0.3) is 6.08 Å². The summed E-state index contributed by atoms with van der Waals surface area (Å²) in [6, 6.07) is 9.63. The summed E-state index contributed by atoms with van der Waals surface area (Å²) in [5.74, 6) is -0.637. The minimum absolute atomic E-state index is 0.123. The number of carbonyl (C=O) groups is 2. The number of nitrogens with one attached hydrogen (secondary N) is 2. The van der Waals surface area contributed by atoms with Crippen LogP contribution in [0.1, 0.15) is 25.3 Å². The average molecular weight is 304 g/mol. The number of hydrogen-bond acceptors (Lipinski definition) is 3. The molecular weight excluding hydrogens is 280 g/mol. The van der Waals surface area contributed by atoms with E-state index in [1.807, 2.05) is 30.3 Å². The largest absolute Gasteiger partial charge is 0.396 e. The van der Waals surface area contributed by atoms with Crippen LogP contribution in [-0.4, -0.2) is 36.6 Å². The normalized spacial score (nSPS) is 12.1. The number of aliphatic hydroxyl groups is 1. The van der Waals surface area contributed by atoms with Crippen molar-refractivity contribution in [3.05, 3.63) is 42.0 Å². The van der Waals surface area contributed by atoms with Gasteiger partial charge in [-0.2, -0.15) is 0 Å². The van der Waals surface area contributed by atoms with E-state index < -0.39 is 0 Å². The fourth-order valence-corrected chi connectivity index (χ4v) is 1.73. The summed E-state index contributed by atoms with van der Waals surface area (Å²) in [7, 11) is 0.